The number of ether oxygens (including phenoxy) is 1. The number of imide groups is 1. The minimum absolute atomic E-state index is 0.0322. The van der Waals surface area contributed by atoms with Gasteiger partial charge in [-0.25, -0.2) is 4.90 Å². The van der Waals surface area contributed by atoms with E-state index < -0.39 is 5.91 Å². The first-order chi connectivity index (χ1) is 15.4. The van der Waals surface area contributed by atoms with Crippen LogP contribution in [-0.4, -0.2) is 47.6 Å². The predicted octanol–water partition coefficient (Wildman–Crippen LogP) is 4.12. The SMILES string of the molecule is CC(C)Oc1ccc(C2=C(N3CCCC(CO)C3)C(=O)N(c3ccccc3Cl)C2=O)cc1. The second-order valence-electron chi connectivity index (χ2n) is 8.45. The Labute approximate surface area is 193 Å². The van der Waals surface area contributed by atoms with Crippen molar-refractivity contribution in [3.8, 4) is 5.75 Å². The molecule has 0 aliphatic carbocycles. The first-order valence-electron chi connectivity index (χ1n) is 10.9. The van der Waals surface area contributed by atoms with E-state index in [1.807, 2.05) is 43.0 Å². The summed E-state index contributed by atoms with van der Waals surface area (Å²) < 4.78 is 5.72. The number of para-hydroxylation sites is 1. The average Bonchev–Trinajstić information content (AvgIpc) is 3.04. The van der Waals surface area contributed by atoms with Crippen molar-refractivity contribution in [2.75, 3.05) is 24.6 Å². The molecule has 1 saturated heterocycles. The number of hydrogen-bond donors (Lipinski definition) is 1. The van der Waals surface area contributed by atoms with Crippen molar-refractivity contribution in [2.45, 2.75) is 32.8 Å². The summed E-state index contributed by atoms with van der Waals surface area (Å²) in [6.45, 7) is 5.13. The molecule has 7 heteroatoms. The van der Waals surface area contributed by atoms with Crippen LogP contribution in [0.1, 0.15) is 32.3 Å². The second-order valence-corrected chi connectivity index (χ2v) is 8.86. The molecule has 4 rings (SSSR count). The Balaban J connectivity index is 1.78. The standard InChI is InChI=1S/C25H27ClN2O4/c1-16(2)32-19-11-9-18(10-12-19)22-23(27-13-5-6-17(14-27)15-29)25(31)28(24(22)30)21-8-4-3-7-20(21)26/h3-4,7-12,16-17,29H,5-6,13-15H2,1-2H3. The van der Waals surface area contributed by atoms with Crippen LogP contribution in [0.2, 0.25) is 5.02 Å². The lowest BCUT2D eigenvalue weighted by Gasteiger charge is -2.34. The summed E-state index contributed by atoms with van der Waals surface area (Å²) in [5.74, 6) is -0.0264. The molecule has 0 saturated carbocycles. The summed E-state index contributed by atoms with van der Waals surface area (Å²) >= 11 is 6.35. The maximum absolute atomic E-state index is 13.6. The molecule has 1 fully saturated rings. The molecule has 2 amide bonds. The number of aliphatic hydroxyl groups is 1. The summed E-state index contributed by atoms with van der Waals surface area (Å²) in [5.41, 5.74) is 1.73. The van der Waals surface area contributed by atoms with Gasteiger partial charge in [0.2, 0.25) is 0 Å². The maximum atomic E-state index is 13.6. The van der Waals surface area contributed by atoms with Crippen LogP contribution in [0.15, 0.2) is 54.2 Å². The third kappa shape index (κ3) is 4.25. The summed E-state index contributed by atoms with van der Waals surface area (Å²) in [4.78, 5) is 30.3. The van der Waals surface area contributed by atoms with Gasteiger partial charge in [-0.15, -0.1) is 0 Å². The fourth-order valence-electron chi connectivity index (χ4n) is 4.31. The van der Waals surface area contributed by atoms with Crippen molar-refractivity contribution in [3.05, 3.63) is 64.8 Å². The third-order valence-electron chi connectivity index (χ3n) is 5.76. The number of halogens is 1. The lowest BCUT2D eigenvalue weighted by molar-refractivity contribution is -0.120. The Morgan fingerprint density at radius 1 is 1.09 bits per heavy atom. The number of carbonyl (C=O) groups excluding carboxylic acids is 2. The van der Waals surface area contributed by atoms with E-state index in [4.69, 9.17) is 16.3 Å². The highest BCUT2D eigenvalue weighted by molar-refractivity contribution is 6.47. The monoisotopic (exact) mass is 454 g/mol. The van der Waals surface area contributed by atoms with Gasteiger partial charge in [0, 0.05) is 19.7 Å². The number of carbonyl (C=O) groups is 2. The zero-order chi connectivity index (χ0) is 22.8. The van der Waals surface area contributed by atoms with Crippen molar-refractivity contribution in [2.24, 2.45) is 5.92 Å². The molecule has 2 heterocycles. The minimum atomic E-state index is -0.401. The Morgan fingerprint density at radius 3 is 2.47 bits per heavy atom. The third-order valence-corrected chi connectivity index (χ3v) is 6.08. The molecule has 1 N–H and O–H groups in total. The Hall–Kier alpha value is -2.83. The van der Waals surface area contributed by atoms with Gasteiger partial charge in [-0.1, -0.05) is 35.9 Å². The topological polar surface area (TPSA) is 70.1 Å². The molecule has 32 heavy (non-hydrogen) atoms. The number of piperidine rings is 1. The van der Waals surface area contributed by atoms with Crippen LogP contribution in [0, 0.1) is 5.92 Å². The van der Waals surface area contributed by atoms with Crippen LogP contribution < -0.4 is 9.64 Å². The Kier molecular flexibility index (Phi) is 6.53. The summed E-state index contributed by atoms with van der Waals surface area (Å²) in [6, 6.07) is 14.1. The van der Waals surface area contributed by atoms with Gasteiger partial charge >= 0.3 is 0 Å². The normalized spacial score (nSPS) is 19.3. The number of hydrogen-bond acceptors (Lipinski definition) is 5. The molecule has 0 radical (unpaired) electrons. The smallest absolute Gasteiger partial charge is 0.282 e. The average molecular weight is 455 g/mol. The molecule has 6 nitrogen and oxygen atoms in total. The van der Waals surface area contributed by atoms with Crippen LogP contribution in [0.5, 0.6) is 5.75 Å². The summed E-state index contributed by atoms with van der Waals surface area (Å²) in [6.07, 6.45) is 1.77. The predicted molar refractivity (Wildman–Crippen MR) is 124 cm³/mol. The van der Waals surface area contributed by atoms with Gasteiger partial charge in [0.25, 0.3) is 11.8 Å². The first kappa shape index (κ1) is 22.4. The molecule has 2 aliphatic heterocycles. The van der Waals surface area contributed by atoms with Crippen LogP contribution in [-0.2, 0) is 9.59 Å². The van der Waals surface area contributed by atoms with Gasteiger partial charge in [0.1, 0.15) is 11.4 Å². The fourth-order valence-corrected chi connectivity index (χ4v) is 4.53. The zero-order valence-corrected chi connectivity index (χ0v) is 19.0. The lowest BCUT2D eigenvalue weighted by Crippen LogP contribution is -2.40. The number of benzene rings is 2. The number of aliphatic hydroxyl groups excluding tert-OH is 1. The van der Waals surface area contributed by atoms with E-state index >= 15 is 0 Å². The molecular weight excluding hydrogens is 428 g/mol. The van der Waals surface area contributed by atoms with Gasteiger partial charge in [0.15, 0.2) is 0 Å². The maximum Gasteiger partial charge on any atom is 0.282 e. The van der Waals surface area contributed by atoms with Gasteiger partial charge in [-0.2, -0.15) is 0 Å². The largest absolute Gasteiger partial charge is 0.491 e. The van der Waals surface area contributed by atoms with E-state index in [0.717, 1.165) is 17.7 Å². The minimum Gasteiger partial charge on any atom is -0.491 e. The van der Waals surface area contributed by atoms with Gasteiger partial charge in [-0.05, 0) is 62.4 Å². The van der Waals surface area contributed by atoms with Crippen molar-refractivity contribution >= 4 is 34.7 Å². The number of anilines is 1. The number of nitrogens with zero attached hydrogens (tertiary/aromatic N) is 2. The van der Waals surface area contributed by atoms with Crippen LogP contribution in [0.3, 0.4) is 0 Å². The molecular formula is C25H27ClN2O4. The second kappa shape index (κ2) is 9.35. The van der Waals surface area contributed by atoms with E-state index in [1.54, 1.807) is 24.3 Å². The van der Waals surface area contributed by atoms with Crippen LogP contribution in [0.25, 0.3) is 5.57 Å². The van der Waals surface area contributed by atoms with Gasteiger partial charge in [-0.3, -0.25) is 9.59 Å². The van der Waals surface area contributed by atoms with E-state index in [2.05, 4.69) is 0 Å². The summed E-state index contributed by atoms with van der Waals surface area (Å²) in [5, 5.41) is 10.0. The zero-order valence-electron chi connectivity index (χ0n) is 18.3. The van der Waals surface area contributed by atoms with Crippen LogP contribution >= 0.6 is 11.6 Å². The molecule has 0 aromatic heterocycles. The number of rotatable bonds is 6. The van der Waals surface area contributed by atoms with E-state index in [0.29, 0.717) is 46.4 Å². The van der Waals surface area contributed by atoms with Gasteiger partial charge < -0.3 is 14.7 Å². The molecule has 2 aromatic rings. The highest BCUT2D eigenvalue weighted by Gasteiger charge is 2.43. The van der Waals surface area contributed by atoms with Crippen molar-refractivity contribution in [3.63, 3.8) is 0 Å². The first-order valence-corrected chi connectivity index (χ1v) is 11.3. The molecule has 1 atom stereocenters. The van der Waals surface area contributed by atoms with Crippen molar-refractivity contribution < 1.29 is 19.4 Å². The van der Waals surface area contributed by atoms with Gasteiger partial charge in [0.05, 0.1) is 22.4 Å². The Bertz CT molecular complexity index is 1050. The Morgan fingerprint density at radius 2 is 1.81 bits per heavy atom. The number of amides is 2. The summed E-state index contributed by atoms with van der Waals surface area (Å²) in [7, 11) is 0. The highest BCUT2D eigenvalue weighted by atomic mass is 35.5. The van der Waals surface area contributed by atoms with E-state index in [9.17, 15) is 14.7 Å². The van der Waals surface area contributed by atoms with E-state index in [-0.39, 0.29) is 24.5 Å². The lowest BCUT2D eigenvalue weighted by atomic mass is 9.97. The molecule has 168 valence electrons. The van der Waals surface area contributed by atoms with Crippen molar-refractivity contribution in [1.29, 1.82) is 0 Å². The van der Waals surface area contributed by atoms with Crippen molar-refractivity contribution in [1.82, 2.24) is 4.90 Å². The quantitative estimate of drug-likeness (QED) is 0.665. The van der Waals surface area contributed by atoms with Crippen LogP contribution in [0.4, 0.5) is 5.69 Å². The fraction of sp³-hybridized carbons (Fsp3) is 0.360. The highest BCUT2D eigenvalue weighted by Crippen LogP contribution is 2.39. The van der Waals surface area contributed by atoms with E-state index in [1.165, 1.54) is 0 Å². The molecule has 2 aromatic carbocycles. The molecule has 1 unspecified atom stereocenters. The molecule has 0 spiro atoms. The number of likely N-dealkylation sites (tertiary alicyclic amines) is 1. The molecule has 0 bridgehead atoms. The molecule has 2 aliphatic rings.